The Morgan fingerprint density at radius 2 is 1.75 bits per heavy atom. The van der Waals surface area contributed by atoms with Crippen molar-refractivity contribution < 1.29 is 46.7 Å². The van der Waals surface area contributed by atoms with Crippen LogP contribution in [0.15, 0.2) is 34.1 Å². The quantitative estimate of drug-likeness (QED) is 0.474. The number of sulfone groups is 1. The van der Waals surface area contributed by atoms with Gasteiger partial charge in [-0.1, -0.05) is 6.92 Å². The minimum atomic E-state index is -3.25. The monoisotopic (exact) mass is 270 g/mol. The van der Waals surface area contributed by atoms with E-state index >= 15 is 0 Å². The molecule has 1 aromatic carbocycles. The van der Waals surface area contributed by atoms with E-state index in [0.717, 1.165) is 0 Å². The molecule has 1 aromatic rings. The van der Waals surface area contributed by atoms with Crippen molar-refractivity contribution in [3.63, 3.8) is 0 Å². The second-order valence-corrected chi connectivity index (χ2v) is 6.07. The van der Waals surface area contributed by atoms with E-state index in [-0.39, 0.29) is 45.1 Å². The third-order valence-corrected chi connectivity index (χ3v) is 4.44. The van der Waals surface area contributed by atoms with Crippen LogP contribution < -0.4 is 29.6 Å². The summed E-state index contributed by atoms with van der Waals surface area (Å²) in [5.74, 6) is 0.0762. The first-order chi connectivity index (χ1) is 6.97. The van der Waals surface area contributed by atoms with Crippen molar-refractivity contribution in [2.45, 2.75) is 23.1 Å². The van der Waals surface area contributed by atoms with Gasteiger partial charge in [-0.25, -0.2) is 8.42 Å². The molecule has 1 unspecified atom stereocenters. The summed E-state index contributed by atoms with van der Waals surface area (Å²) in [5, 5.41) is 0. The van der Waals surface area contributed by atoms with Crippen LogP contribution in [-0.2, 0) is 20.9 Å². The molecule has 4 nitrogen and oxygen atoms in total. The largest absolute Gasteiger partial charge is 1.00 e. The summed E-state index contributed by atoms with van der Waals surface area (Å²) < 4.78 is 44.2. The summed E-state index contributed by atoms with van der Waals surface area (Å²) in [7, 11) is -3.25. The first-order valence-corrected chi connectivity index (χ1v) is 7.12. The van der Waals surface area contributed by atoms with Gasteiger partial charge in [0.15, 0.2) is 9.84 Å². The van der Waals surface area contributed by atoms with E-state index in [1.54, 1.807) is 6.92 Å². The molecule has 16 heavy (non-hydrogen) atoms. The number of rotatable bonds is 4. The third kappa shape index (κ3) is 4.27. The molecule has 0 saturated heterocycles. The molecule has 0 bridgehead atoms. The fraction of sp³-hybridized carbons (Fsp3) is 0.333. The minimum Gasteiger partial charge on any atom is -0.768 e. The molecular weight excluding hydrogens is 259 g/mol. The predicted molar refractivity (Wildman–Crippen MR) is 56.0 cm³/mol. The van der Waals surface area contributed by atoms with E-state index in [0.29, 0.717) is 6.42 Å². The van der Waals surface area contributed by atoms with Crippen molar-refractivity contribution in [3.8, 4) is 0 Å². The van der Waals surface area contributed by atoms with Crippen LogP contribution in [0.5, 0.6) is 0 Å². The zero-order chi connectivity index (χ0) is 11.5. The summed E-state index contributed by atoms with van der Waals surface area (Å²) in [6.07, 6.45) is 0.539. The molecule has 0 N–H and O–H groups in total. The van der Waals surface area contributed by atoms with Crippen LogP contribution in [0, 0.1) is 0 Å². The summed E-state index contributed by atoms with van der Waals surface area (Å²) in [6, 6.07) is 5.20. The SMILES string of the molecule is CCCS(=O)(=O)c1ccc(S(=O)[O-])cc1.[Na+]. The number of hydrogen-bond donors (Lipinski definition) is 0. The van der Waals surface area contributed by atoms with E-state index in [2.05, 4.69) is 0 Å². The van der Waals surface area contributed by atoms with Crippen molar-refractivity contribution in [1.82, 2.24) is 0 Å². The van der Waals surface area contributed by atoms with E-state index < -0.39 is 20.9 Å². The number of hydrogen-bond acceptors (Lipinski definition) is 4. The van der Waals surface area contributed by atoms with Gasteiger partial charge in [-0.2, -0.15) is 0 Å². The molecule has 84 valence electrons. The Kier molecular flexibility index (Phi) is 7.00. The molecule has 0 aromatic heterocycles. The van der Waals surface area contributed by atoms with Crippen LogP contribution in [0.1, 0.15) is 13.3 Å². The molecule has 0 amide bonds. The van der Waals surface area contributed by atoms with Crippen LogP contribution in [0.4, 0.5) is 0 Å². The van der Waals surface area contributed by atoms with Gasteiger partial charge in [0.05, 0.1) is 10.6 Å². The first kappa shape index (κ1) is 16.3. The van der Waals surface area contributed by atoms with Gasteiger partial charge in [0.2, 0.25) is 0 Å². The molecule has 0 radical (unpaired) electrons. The summed E-state index contributed by atoms with van der Waals surface area (Å²) in [6.45, 7) is 1.78. The summed E-state index contributed by atoms with van der Waals surface area (Å²) in [5.41, 5.74) is 0. The van der Waals surface area contributed by atoms with Crippen molar-refractivity contribution in [1.29, 1.82) is 0 Å². The van der Waals surface area contributed by atoms with Crippen molar-refractivity contribution >= 4 is 20.9 Å². The Morgan fingerprint density at radius 3 is 2.12 bits per heavy atom. The van der Waals surface area contributed by atoms with Crippen LogP contribution in [0.3, 0.4) is 0 Å². The van der Waals surface area contributed by atoms with Gasteiger partial charge in [0, 0.05) is 4.90 Å². The van der Waals surface area contributed by atoms with Gasteiger partial charge in [-0.3, -0.25) is 4.21 Å². The van der Waals surface area contributed by atoms with Gasteiger partial charge in [-0.05, 0) is 41.8 Å². The predicted octanol–water partition coefficient (Wildman–Crippen LogP) is -1.89. The van der Waals surface area contributed by atoms with Crippen LogP contribution in [0.25, 0.3) is 0 Å². The van der Waals surface area contributed by atoms with E-state index in [4.69, 9.17) is 0 Å². The van der Waals surface area contributed by atoms with Gasteiger partial charge in [0.1, 0.15) is 0 Å². The molecule has 0 aliphatic rings. The molecule has 0 heterocycles. The van der Waals surface area contributed by atoms with Crippen molar-refractivity contribution in [2.24, 2.45) is 0 Å². The van der Waals surface area contributed by atoms with E-state index in [1.807, 2.05) is 0 Å². The van der Waals surface area contributed by atoms with E-state index in [9.17, 15) is 17.2 Å². The maximum Gasteiger partial charge on any atom is 1.00 e. The Bertz CT molecular complexity index is 453. The average Bonchev–Trinajstić information content (AvgIpc) is 2.18. The van der Waals surface area contributed by atoms with Crippen LogP contribution in [-0.4, -0.2) is 22.9 Å². The number of benzene rings is 1. The summed E-state index contributed by atoms with van der Waals surface area (Å²) in [4.78, 5) is 0.254. The topological polar surface area (TPSA) is 74.3 Å². The molecular formula is C9H11NaO4S2. The standard InChI is InChI=1S/C9H12O4S2.Na/c1-2-7-15(12,13)9-5-3-8(4-6-9)14(10)11;/h3-6H,2,7H2,1H3,(H,10,11);/q;+1/p-1. The Balaban J connectivity index is 0.00000225. The Hall–Kier alpha value is 0.280. The molecule has 0 aliphatic carbocycles. The maximum absolute atomic E-state index is 11.6. The molecule has 0 fully saturated rings. The molecule has 0 spiro atoms. The Labute approximate surface area is 120 Å². The molecule has 1 atom stereocenters. The second-order valence-electron chi connectivity index (χ2n) is 3.02. The normalized spacial score (nSPS) is 12.9. The molecule has 7 heteroatoms. The molecule has 0 saturated carbocycles. The molecule has 0 aliphatic heterocycles. The fourth-order valence-electron chi connectivity index (χ4n) is 1.14. The molecule has 1 rings (SSSR count). The average molecular weight is 270 g/mol. The minimum absolute atomic E-state index is 0. The van der Waals surface area contributed by atoms with Gasteiger partial charge in [0.25, 0.3) is 0 Å². The maximum atomic E-state index is 11.6. The third-order valence-electron chi connectivity index (χ3n) is 1.85. The first-order valence-electron chi connectivity index (χ1n) is 4.39. The zero-order valence-corrected chi connectivity index (χ0v) is 12.8. The van der Waals surface area contributed by atoms with Crippen LogP contribution >= 0.6 is 0 Å². The zero-order valence-electron chi connectivity index (χ0n) is 9.17. The fourth-order valence-corrected chi connectivity index (χ4v) is 2.83. The van der Waals surface area contributed by atoms with Gasteiger partial charge < -0.3 is 4.55 Å². The smallest absolute Gasteiger partial charge is 0.768 e. The van der Waals surface area contributed by atoms with Gasteiger partial charge in [-0.15, -0.1) is 0 Å². The van der Waals surface area contributed by atoms with Crippen molar-refractivity contribution in [2.75, 3.05) is 5.75 Å². The second kappa shape index (κ2) is 6.88. The Morgan fingerprint density at radius 1 is 1.25 bits per heavy atom. The van der Waals surface area contributed by atoms with Crippen LogP contribution in [0.2, 0.25) is 0 Å². The van der Waals surface area contributed by atoms with Gasteiger partial charge >= 0.3 is 29.6 Å². The van der Waals surface area contributed by atoms with E-state index in [1.165, 1.54) is 24.3 Å². The summed E-state index contributed by atoms with van der Waals surface area (Å²) >= 11 is -2.31. The van der Waals surface area contributed by atoms with Crippen molar-refractivity contribution in [3.05, 3.63) is 24.3 Å².